The lowest BCUT2D eigenvalue weighted by molar-refractivity contribution is 0.0946. The van der Waals surface area contributed by atoms with E-state index in [4.69, 9.17) is 11.6 Å². The Morgan fingerprint density at radius 2 is 2.06 bits per heavy atom. The molecule has 1 aromatic rings. The van der Waals surface area contributed by atoms with Gasteiger partial charge in [0.1, 0.15) is 0 Å². The van der Waals surface area contributed by atoms with E-state index in [-0.39, 0.29) is 5.91 Å². The highest BCUT2D eigenvalue weighted by Crippen LogP contribution is 2.08. The van der Waals surface area contributed by atoms with Crippen molar-refractivity contribution in [1.29, 1.82) is 0 Å². The lowest BCUT2D eigenvalue weighted by Crippen LogP contribution is -2.29. The molecule has 2 nitrogen and oxygen atoms in total. The molecule has 0 radical (unpaired) electrons. The standard InChI is InChI=1S/C13H18ClNO/c1-2-11(8-9-14)10-15-13(16)12-6-4-3-5-7-12/h3-7,11H,2,8-10H2,1H3,(H,15,16). The highest BCUT2D eigenvalue weighted by atomic mass is 35.5. The summed E-state index contributed by atoms with van der Waals surface area (Å²) in [5.74, 6) is 1.12. The van der Waals surface area contributed by atoms with Gasteiger partial charge in [-0.2, -0.15) is 0 Å². The summed E-state index contributed by atoms with van der Waals surface area (Å²) in [5, 5.41) is 2.94. The molecule has 1 N–H and O–H groups in total. The predicted octanol–water partition coefficient (Wildman–Crippen LogP) is 3.07. The van der Waals surface area contributed by atoms with Crippen molar-refractivity contribution in [1.82, 2.24) is 5.32 Å². The highest BCUT2D eigenvalue weighted by Gasteiger charge is 2.08. The molecule has 0 fully saturated rings. The molecule has 1 rings (SSSR count). The molecule has 16 heavy (non-hydrogen) atoms. The summed E-state index contributed by atoms with van der Waals surface area (Å²) >= 11 is 5.69. The molecule has 1 aromatic carbocycles. The van der Waals surface area contributed by atoms with Crippen LogP contribution in [0.15, 0.2) is 30.3 Å². The first-order valence-corrected chi connectivity index (χ1v) is 6.20. The molecule has 0 aliphatic heterocycles. The number of carbonyl (C=O) groups is 1. The van der Waals surface area contributed by atoms with Crippen LogP contribution in [0.1, 0.15) is 30.1 Å². The van der Waals surface area contributed by atoms with Crippen molar-refractivity contribution in [2.24, 2.45) is 5.92 Å². The van der Waals surface area contributed by atoms with Gasteiger partial charge < -0.3 is 5.32 Å². The van der Waals surface area contributed by atoms with Crippen molar-refractivity contribution in [3.8, 4) is 0 Å². The summed E-state index contributed by atoms with van der Waals surface area (Å²) < 4.78 is 0. The van der Waals surface area contributed by atoms with Crippen LogP contribution < -0.4 is 5.32 Å². The first-order valence-electron chi connectivity index (χ1n) is 5.67. The van der Waals surface area contributed by atoms with Crippen LogP contribution in [0.25, 0.3) is 0 Å². The lowest BCUT2D eigenvalue weighted by atomic mass is 10.0. The molecular weight excluding hydrogens is 222 g/mol. The van der Waals surface area contributed by atoms with E-state index in [9.17, 15) is 4.79 Å². The third kappa shape index (κ3) is 4.23. The highest BCUT2D eigenvalue weighted by molar-refractivity contribution is 6.17. The van der Waals surface area contributed by atoms with E-state index in [1.807, 2.05) is 30.3 Å². The quantitative estimate of drug-likeness (QED) is 0.760. The van der Waals surface area contributed by atoms with Crippen LogP contribution in [-0.4, -0.2) is 18.3 Å². The molecule has 1 amide bonds. The van der Waals surface area contributed by atoms with E-state index in [0.717, 1.165) is 12.8 Å². The Balaban J connectivity index is 2.40. The van der Waals surface area contributed by atoms with E-state index in [2.05, 4.69) is 12.2 Å². The molecular formula is C13H18ClNO. The Bertz CT molecular complexity index is 313. The minimum absolute atomic E-state index is 0.00591. The van der Waals surface area contributed by atoms with Gasteiger partial charge in [0.15, 0.2) is 0 Å². The third-order valence-corrected chi connectivity index (χ3v) is 2.90. The van der Waals surface area contributed by atoms with Crippen molar-refractivity contribution < 1.29 is 4.79 Å². The monoisotopic (exact) mass is 239 g/mol. The zero-order valence-corrected chi connectivity index (χ0v) is 10.3. The molecule has 0 heterocycles. The zero-order chi connectivity index (χ0) is 11.8. The Kier molecular flexibility index (Phi) is 5.94. The molecule has 0 aromatic heterocycles. The molecule has 0 aliphatic carbocycles. The fraction of sp³-hybridized carbons (Fsp3) is 0.462. The molecule has 3 heteroatoms. The summed E-state index contributed by atoms with van der Waals surface area (Å²) in [6.07, 6.45) is 1.99. The third-order valence-electron chi connectivity index (χ3n) is 2.68. The van der Waals surface area contributed by atoms with Crippen molar-refractivity contribution in [3.63, 3.8) is 0 Å². The number of benzene rings is 1. The summed E-state index contributed by atoms with van der Waals surface area (Å²) in [5.41, 5.74) is 0.711. The van der Waals surface area contributed by atoms with Crippen LogP contribution in [-0.2, 0) is 0 Å². The van der Waals surface area contributed by atoms with Crippen LogP contribution in [0.3, 0.4) is 0 Å². The lowest BCUT2D eigenvalue weighted by Gasteiger charge is -2.14. The first-order chi connectivity index (χ1) is 7.77. The summed E-state index contributed by atoms with van der Waals surface area (Å²) in [6.45, 7) is 2.82. The smallest absolute Gasteiger partial charge is 0.251 e. The van der Waals surface area contributed by atoms with Gasteiger partial charge in [0.25, 0.3) is 5.91 Å². The summed E-state index contributed by atoms with van der Waals surface area (Å²) in [7, 11) is 0. The number of amides is 1. The van der Waals surface area contributed by atoms with Crippen LogP contribution in [0.4, 0.5) is 0 Å². The van der Waals surface area contributed by atoms with Crippen molar-refractivity contribution in [3.05, 3.63) is 35.9 Å². The second-order valence-electron chi connectivity index (χ2n) is 3.83. The molecule has 0 spiro atoms. The minimum atomic E-state index is -0.00591. The van der Waals surface area contributed by atoms with Gasteiger partial charge in [-0.3, -0.25) is 4.79 Å². The van der Waals surface area contributed by atoms with E-state index < -0.39 is 0 Å². The van der Waals surface area contributed by atoms with Gasteiger partial charge >= 0.3 is 0 Å². The second-order valence-corrected chi connectivity index (χ2v) is 4.21. The number of hydrogen-bond donors (Lipinski definition) is 1. The molecule has 0 bridgehead atoms. The molecule has 1 unspecified atom stereocenters. The second kappa shape index (κ2) is 7.29. The maximum Gasteiger partial charge on any atom is 0.251 e. The molecule has 0 saturated heterocycles. The van der Waals surface area contributed by atoms with E-state index in [1.165, 1.54) is 0 Å². The van der Waals surface area contributed by atoms with Crippen LogP contribution in [0.2, 0.25) is 0 Å². The van der Waals surface area contributed by atoms with Crippen molar-refractivity contribution >= 4 is 17.5 Å². The largest absolute Gasteiger partial charge is 0.352 e. The Labute approximate surface area is 102 Å². The van der Waals surface area contributed by atoms with Gasteiger partial charge in [-0.15, -0.1) is 11.6 Å². The number of alkyl halides is 1. The number of nitrogens with one attached hydrogen (secondary N) is 1. The molecule has 0 aliphatic rings. The Morgan fingerprint density at radius 3 is 2.62 bits per heavy atom. The SMILES string of the molecule is CCC(CCCl)CNC(=O)c1ccccc1. The fourth-order valence-electron chi connectivity index (χ4n) is 1.53. The zero-order valence-electron chi connectivity index (χ0n) is 9.58. The van der Waals surface area contributed by atoms with Crippen LogP contribution in [0, 0.1) is 5.92 Å². The maximum atomic E-state index is 11.7. The van der Waals surface area contributed by atoms with Crippen LogP contribution >= 0.6 is 11.6 Å². The molecule has 0 saturated carbocycles. The summed E-state index contributed by atoms with van der Waals surface area (Å²) in [4.78, 5) is 11.7. The van der Waals surface area contributed by atoms with E-state index in [0.29, 0.717) is 23.9 Å². The van der Waals surface area contributed by atoms with Gasteiger partial charge in [-0.25, -0.2) is 0 Å². The number of halogens is 1. The number of hydrogen-bond acceptors (Lipinski definition) is 1. The van der Waals surface area contributed by atoms with Crippen LogP contribution in [0.5, 0.6) is 0 Å². The number of carbonyl (C=O) groups excluding carboxylic acids is 1. The fourth-order valence-corrected chi connectivity index (χ4v) is 1.84. The van der Waals surface area contributed by atoms with E-state index in [1.54, 1.807) is 0 Å². The van der Waals surface area contributed by atoms with Gasteiger partial charge in [0.2, 0.25) is 0 Å². The van der Waals surface area contributed by atoms with Gasteiger partial charge in [0, 0.05) is 18.0 Å². The average Bonchev–Trinajstić information content (AvgIpc) is 2.35. The Hall–Kier alpha value is -1.02. The van der Waals surface area contributed by atoms with Crippen molar-refractivity contribution in [2.45, 2.75) is 19.8 Å². The normalized spacial score (nSPS) is 12.1. The maximum absolute atomic E-state index is 11.7. The van der Waals surface area contributed by atoms with Gasteiger partial charge in [0.05, 0.1) is 0 Å². The topological polar surface area (TPSA) is 29.1 Å². The average molecular weight is 240 g/mol. The van der Waals surface area contributed by atoms with Gasteiger partial charge in [-0.05, 0) is 24.5 Å². The minimum Gasteiger partial charge on any atom is -0.352 e. The van der Waals surface area contributed by atoms with Gasteiger partial charge in [-0.1, -0.05) is 31.5 Å². The molecule has 1 atom stereocenters. The van der Waals surface area contributed by atoms with E-state index >= 15 is 0 Å². The molecule has 88 valence electrons. The Morgan fingerprint density at radius 1 is 1.38 bits per heavy atom. The number of rotatable bonds is 6. The first kappa shape index (κ1) is 13.0. The van der Waals surface area contributed by atoms with Crippen molar-refractivity contribution in [2.75, 3.05) is 12.4 Å². The summed E-state index contributed by atoms with van der Waals surface area (Å²) in [6, 6.07) is 9.27. The predicted molar refractivity (Wildman–Crippen MR) is 67.9 cm³/mol.